The number of rotatable bonds is 6. The van der Waals surface area contributed by atoms with Gasteiger partial charge in [-0.1, -0.05) is 51.1 Å². The quantitative estimate of drug-likeness (QED) is 0.574. The lowest BCUT2D eigenvalue weighted by molar-refractivity contribution is -0.155. The molecule has 1 aromatic rings. The molecular formula is C19H28O4Si. The summed E-state index contributed by atoms with van der Waals surface area (Å²) in [6.07, 6.45) is 2.51. The minimum atomic E-state index is -1.90. The molecule has 5 heteroatoms. The summed E-state index contributed by atoms with van der Waals surface area (Å²) >= 11 is 0. The second kappa shape index (κ2) is 7.63. The molecule has 2 rings (SSSR count). The number of carbonyl (C=O) groups excluding carboxylic acids is 1. The van der Waals surface area contributed by atoms with Crippen molar-refractivity contribution in [2.24, 2.45) is 0 Å². The van der Waals surface area contributed by atoms with Crippen LogP contribution in [0.5, 0.6) is 0 Å². The van der Waals surface area contributed by atoms with E-state index in [2.05, 4.69) is 33.9 Å². The van der Waals surface area contributed by atoms with Crippen LogP contribution in [0.4, 0.5) is 0 Å². The van der Waals surface area contributed by atoms with Crippen molar-refractivity contribution >= 4 is 14.3 Å². The van der Waals surface area contributed by atoms with Gasteiger partial charge in [0.1, 0.15) is 6.10 Å². The smallest absolute Gasteiger partial charge is 0.330 e. The number of hydrogen-bond acceptors (Lipinski definition) is 4. The third-order valence-corrected chi connectivity index (χ3v) is 9.26. The zero-order valence-electron chi connectivity index (χ0n) is 15.2. The van der Waals surface area contributed by atoms with Crippen LogP contribution in [-0.4, -0.2) is 33.1 Å². The molecule has 0 aliphatic carbocycles. The highest BCUT2D eigenvalue weighted by molar-refractivity contribution is 6.74. The Bertz CT molecular complexity index is 575. The van der Waals surface area contributed by atoms with Gasteiger partial charge in [-0.05, 0) is 29.8 Å². The monoisotopic (exact) mass is 348 g/mol. The van der Waals surface area contributed by atoms with Crippen LogP contribution in [0, 0.1) is 0 Å². The Morgan fingerprint density at radius 2 is 1.83 bits per heavy atom. The van der Waals surface area contributed by atoms with Crippen molar-refractivity contribution in [1.29, 1.82) is 0 Å². The van der Waals surface area contributed by atoms with Gasteiger partial charge in [0.05, 0.1) is 13.2 Å². The predicted molar refractivity (Wildman–Crippen MR) is 97.2 cm³/mol. The van der Waals surface area contributed by atoms with E-state index in [4.69, 9.17) is 13.9 Å². The molecule has 0 amide bonds. The maximum absolute atomic E-state index is 11.6. The van der Waals surface area contributed by atoms with Crippen LogP contribution in [0.25, 0.3) is 0 Å². The molecule has 1 aliphatic heterocycles. The van der Waals surface area contributed by atoms with E-state index in [1.54, 1.807) is 6.08 Å². The Hall–Kier alpha value is -1.43. The standard InChI is InChI=1S/C19H28O4Si/c1-19(2,3)24(4,5)22-14-17-16(11-12-18(20)23-17)21-13-15-9-7-6-8-10-15/h6-12,16-17H,13-14H2,1-5H3/t16-,17-/m0/s1. The van der Waals surface area contributed by atoms with Crippen LogP contribution in [0.15, 0.2) is 42.5 Å². The fourth-order valence-corrected chi connectivity index (χ4v) is 3.13. The maximum atomic E-state index is 11.6. The number of carbonyl (C=O) groups is 1. The average molecular weight is 349 g/mol. The minimum absolute atomic E-state index is 0.113. The molecule has 0 fully saturated rings. The van der Waals surface area contributed by atoms with Crippen LogP contribution >= 0.6 is 0 Å². The van der Waals surface area contributed by atoms with E-state index >= 15 is 0 Å². The third-order valence-electron chi connectivity index (χ3n) is 4.76. The second-order valence-corrected chi connectivity index (χ2v) is 12.5. The van der Waals surface area contributed by atoms with Crippen molar-refractivity contribution in [2.45, 2.75) is 57.7 Å². The number of ether oxygens (including phenoxy) is 2. The molecule has 0 saturated carbocycles. The Labute approximate surface area is 145 Å². The summed E-state index contributed by atoms with van der Waals surface area (Å²) in [5, 5.41) is 0.113. The number of benzene rings is 1. The third kappa shape index (κ3) is 5.03. The van der Waals surface area contributed by atoms with E-state index in [1.807, 2.05) is 30.3 Å². The highest BCUT2D eigenvalue weighted by Crippen LogP contribution is 2.36. The normalized spacial score (nSPS) is 21.6. The lowest BCUT2D eigenvalue weighted by Crippen LogP contribution is -2.46. The molecular weight excluding hydrogens is 320 g/mol. The van der Waals surface area contributed by atoms with Crippen molar-refractivity contribution < 1.29 is 18.7 Å². The van der Waals surface area contributed by atoms with Crippen LogP contribution < -0.4 is 0 Å². The van der Waals surface area contributed by atoms with Gasteiger partial charge in [-0.2, -0.15) is 0 Å². The van der Waals surface area contributed by atoms with Crippen molar-refractivity contribution in [3.63, 3.8) is 0 Å². The minimum Gasteiger partial charge on any atom is -0.454 e. The summed E-state index contributed by atoms with van der Waals surface area (Å²) in [6.45, 7) is 11.8. The van der Waals surface area contributed by atoms with Gasteiger partial charge < -0.3 is 13.9 Å². The second-order valence-electron chi connectivity index (χ2n) is 7.67. The van der Waals surface area contributed by atoms with Gasteiger partial charge in [0.25, 0.3) is 0 Å². The van der Waals surface area contributed by atoms with E-state index < -0.39 is 14.4 Å². The van der Waals surface area contributed by atoms with E-state index in [0.717, 1.165) is 5.56 Å². The Balaban J connectivity index is 1.98. The molecule has 1 aromatic carbocycles. The maximum Gasteiger partial charge on any atom is 0.330 e. The average Bonchev–Trinajstić information content (AvgIpc) is 2.52. The van der Waals surface area contributed by atoms with Crippen LogP contribution in [0.1, 0.15) is 26.3 Å². The van der Waals surface area contributed by atoms with E-state index in [-0.39, 0.29) is 17.1 Å². The zero-order chi connectivity index (χ0) is 17.8. The lowest BCUT2D eigenvalue weighted by Gasteiger charge is -2.38. The molecule has 0 spiro atoms. The molecule has 0 bridgehead atoms. The topological polar surface area (TPSA) is 44.8 Å². The Morgan fingerprint density at radius 3 is 2.46 bits per heavy atom. The van der Waals surface area contributed by atoms with Gasteiger partial charge in [0, 0.05) is 6.08 Å². The van der Waals surface area contributed by atoms with Crippen molar-refractivity contribution in [3.8, 4) is 0 Å². The van der Waals surface area contributed by atoms with Crippen molar-refractivity contribution in [3.05, 3.63) is 48.0 Å². The Morgan fingerprint density at radius 1 is 1.17 bits per heavy atom. The van der Waals surface area contributed by atoms with Gasteiger partial charge >= 0.3 is 5.97 Å². The summed E-state index contributed by atoms with van der Waals surface area (Å²) in [6, 6.07) is 9.96. The SMILES string of the molecule is CC(C)(C)[Si](C)(C)OC[C@@H]1OC(=O)C=C[C@@H]1OCc1ccccc1. The Kier molecular flexibility index (Phi) is 6.01. The molecule has 4 nitrogen and oxygen atoms in total. The van der Waals surface area contributed by atoms with Gasteiger partial charge in [0.15, 0.2) is 14.4 Å². The first-order chi connectivity index (χ1) is 11.2. The van der Waals surface area contributed by atoms with Crippen LogP contribution in [0.3, 0.4) is 0 Å². The first-order valence-corrected chi connectivity index (χ1v) is 11.3. The van der Waals surface area contributed by atoms with Crippen molar-refractivity contribution in [2.75, 3.05) is 6.61 Å². The number of hydrogen-bond donors (Lipinski definition) is 0. The summed E-state index contributed by atoms with van der Waals surface area (Å²) in [4.78, 5) is 11.6. The predicted octanol–water partition coefficient (Wildman–Crippen LogP) is 4.08. The molecule has 1 heterocycles. The molecule has 1 aliphatic rings. The zero-order valence-corrected chi connectivity index (χ0v) is 16.2. The lowest BCUT2D eigenvalue weighted by atomic mass is 10.1. The molecule has 0 aromatic heterocycles. The van der Waals surface area contributed by atoms with E-state index in [9.17, 15) is 4.79 Å². The van der Waals surface area contributed by atoms with Gasteiger partial charge in [-0.25, -0.2) is 4.79 Å². The van der Waals surface area contributed by atoms with Gasteiger partial charge in [-0.15, -0.1) is 0 Å². The fraction of sp³-hybridized carbons (Fsp3) is 0.526. The van der Waals surface area contributed by atoms with E-state index in [1.165, 1.54) is 6.08 Å². The molecule has 0 saturated heterocycles. The molecule has 24 heavy (non-hydrogen) atoms. The first kappa shape index (κ1) is 18.9. The van der Waals surface area contributed by atoms with Gasteiger partial charge in [0.2, 0.25) is 0 Å². The van der Waals surface area contributed by atoms with E-state index in [0.29, 0.717) is 13.2 Å². The largest absolute Gasteiger partial charge is 0.454 e. The molecule has 0 unspecified atom stereocenters. The van der Waals surface area contributed by atoms with Gasteiger partial charge in [-0.3, -0.25) is 0 Å². The fourth-order valence-electron chi connectivity index (χ4n) is 2.12. The van der Waals surface area contributed by atoms with Crippen LogP contribution in [0.2, 0.25) is 18.1 Å². The molecule has 0 N–H and O–H groups in total. The highest BCUT2D eigenvalue weighted by atomic mass is 28.4. The number of cyclic esters (lactones) is 1. The highest BCUT2D eigenvalue weighted by Gasteiger charge is 2.39. The summed E-state index contributed by atoms with van der Waals surface area (Å²) < 4.78 is 17.6. The molecule has 0 radical (unpaired) electrons. The summed E-state index contributed by atoms with van der Waals surface area (Å²) in [5.41, 5.74) is 1.09. The molecule has 2 atom stereocenters. The first-order valence-electron chi connectivity index (χ1n) is 8.37. The molecule has 132 valence electrons. The van der Waals surface area contributed by atoms with Crippen molar-refractivity contribution in [1.82, 2.24) is 0 Å². The summed E-state index contributed by atoms with van der Waals surface area (Å²) in [7, 11) is -1.90. The summed E-state index contributed by atoms with van der Waals surface area (Å²) in [5.74, 6) is -0.335. The van der Waals surface area contributed by atoms with Crippen LogP contribution in [-0.2, 0) is 25.3 Å². The number of esters is 1.